The molecule has 5 heteroatoms. The molecule has 2 aromatic rings. The number of carbonyl (C=O) groups is 2. The number of amides is 1. The fourth-order valence-electron chi connectivity index (χ4n) is 2.79. The third kappa shape index (κ3) is 2.28. The number of para-hydroxylation sites is 1. The molecule has 1 aromatic carbocycles. The first-order chi connectivity index (χ1) is 9.97. The summed E-state index contributed by atoms with van der Waals surface area (Å²) in [5, 5.41) is 12.6. The maximum atomic E-state index is 12.3. The zero-order chi connectivity index (χ0) is 15.1. The summed E-state index contributed by atoms with van der Waals surface area (Å²) >= 11 is 0. The largest absolute Gasteiger partial charge is 0.481 e. The van der Waals surface area contributed by atoms with E-state index in [2.05, 4.69) is 5.32 Å². The van der Waals surface area contributed by atoms with Crippen LogP contribution in [-0.4, -0.2) is 23.0 Å². The number of carboxylic acids is 1. The number of fused-ring (bicyclic) bond motifs is 1. The number of hydrogen-bond acceptors (Lipinski definition) is 3. The first-order valence-electron chi connectivity index (χ1n) is 6.99. The van der Waals surface area contributed by atoms with Crippen molar-refractivity contribution in [3.8, 4) is 0 Å². The van der Waals surface area contributed by atoms with Gasteiger partial charge in [0.2, 0.25) is 0 Å². The van der Waals surface area contributed by atoms with E-state index >= 15 is 0 Å². The molecule has 0 atom stereocenters. The second kappa shape index (κ2) is 4.91. The molecule has 1 saturated carbocycles. The first kappa shape index (κ1) is 13.7. The fourth-order valence-corrected chi connectivity index (χ4v) is 2.79. The van der Waals surface area contributed by atoms with Gasteiger partial charge in [-0.25, -0.2) is 0 Å². The summed E-state index contributed by atoms with van der Waals surface area (Å²) in [6, 6.07) is 5.73. The molecule has 0 radical (unpaired) electrons. The highest BCUT2D eigenvalue weighted by Gasteiger charge is 2.36. The van der Waals surface area contributed by atoms with Crippen LogP contribution in [0.25, 0.3) is 11.0 Å². The Kier molecular flexibility index (Phi) is 3.20. The predicted molar refractivity (Wildman–Crippen MR) is 77.3 cm³/mol. The van der Waals surface area contributed by atoms with Gasteiger partial charge in [-0.15, -0.1) is 0 Å². The molecular formula is C16H17NO4. The summed E-state index contributed by atoms with van der Waals surface area (Å²) in [5.41, 5.74) is 2.54. The molecule has 21 heavy (non-hydrogen) atoms. The molecule has 0 aliphatic heterocycles. The van der Waals surface area contributed by atoms with Gasteiger partial charge in [0.05, 0.1) is 5.92 Å². The summed E-state index contributed by atoms with van der Waals surface area (Å²) in [6.07, 6.45) is 0.971. The van der Waals surface area contributed by atoms with Gasteiger partial charge < -0.3 is 14.8 Å². The molecule has 0 spiro atoms. The lowest BCUT2D eigenvalue weighted by molar-refractivity contribution is -0.145. The molecule has 1 aliphatic rings. The average Bonchev–Trinajstić information content (AvgIpc) is 2.72. The number of rotatable bonds is 3. The summed E-state index contributed by atoms with van der Waals surface area (Å²) in [5.74, 6) is -1.08. The molecule has 1 aliphatic carbocycles. The molecule has 1 aromatic heterocycles. The highest BCUT2D eigenvalue weighted by atomic mass is 16.4. The van der Waals surface area contributed by atoms with E-state index in [9.17, 15) is 9.59 Å². The van der Waals surface area contributed by atoms with E-state index < -0.39 is 5.97 Å². The number of carbonyl (C=O) groups excluding carboxylic acids is 1. The SMILES string of the molecule is Cc1c(C(=O)NC2CC(C(=O)O)C2)oc2c(C)cccc12. The van der Waals surface area contributed by atoms with E-state index in [-0.39, 0.29) is 17.9 Å². The summed E-state index contributed by atoms with van der Waals surface area (Å²) < 4.78 is 5.71. The Morgan fingerprint density at radius 3 is 2.62 bits per heavy atom. The Morgan fingerprint density at radius 2 is 2.00 bits per heavy atom. The number of furan rings is 1. The number of aliphatic carboxylic acids is 1. The van der Waals surface area contributed by atoms with Crippen molar-refractivity contribution in [2.45, 2.75) is 32.7 Å². The van der Waals surface area contributed by atoms with Crippen LogP contribution < -0.4 is 5.32 Å². The highest BCUT2D eigenvalue weighted by molar-refractivity contribution is 5.99. The molecule has 3 rings (SSSR count). The van der Waals surface area contributed by atoms with Crippen LogP contribution in [-0.2, 0) is 4.79 Å². The third-order valence-corrected chi connectivity index (χ3v) is 4.19. The maximum Gasteiger partial charge on any atom is 0.306 e. The van der Waals surface area contributed by atoms with Gasteiger partial charge in [-0.3, -0.25) is 9.59 Å². The van der Waals surface area contributed by atoms with Crippen LogP contribution >= 0.6 is 0 Å². The fraction of sp³-hybridized carbons (Fsp3) is 0.375. The predicted octanol–water partition coefficient (Wildman–Crippen LogP) is 2.64. The van der Waals surface area contributed by atoms with E-state index in [1.165, 1.54) is 0 Å². The molecule has 1 heterocycles. The standard InChI is InChI=1S/C16H17NO4/c1-8-4-3-5-12-9(2)14(21-13(8)12)15(18)17-11-6-10(7-11)16(19)20/h3-5,10-11H,6-7H2,1-2H3,(H,17,18)(H,19,20). The molecule has 0 unspecified atom stereocenters. The van der Waals surface area contributed by atoms with E-state index in [0.717, 1.165) is 22.1 Å². The van der Waals surface area contributed by atoms with Gasteiger partial charge in [0.1, 0.15) is 5.58 Å². The van der Waals surface area contributed by atoms with Gasteiger partial charge >= 0.3 is 5.97 Å². The highest BCUT2D eigenvalue weighted by Crippen LogP contribution is 2.30. The maximum absolute atomic E-state index is 12.3. The zero-order valence-electron chi connectivity index (χ0n) is 12.0. The number of hydrogen-bond donors (Lipinski definition) is 2. The van der Waals surface area contributed by atoms with Gasteiger partial charge in [0.25, 0.3) is 5.91 Å². The molecule has 5 nitrogen and oxygen atoms in total. The molecule has 0 saturated heterocycles. The minimum Gasteiger partial charge on any atom is -0.481 e. The average molecular weight is 287 g/mol. The van der Waals surface area contributed by atoms with Crippen molar-refractivity contribution in [2.24, 2.45) is 5.92 Å². The van der Waals surface area contributed by atoms with Gasteiger partial charge in [0.15, 0.2) is 5.76 Å². The van der Waals surface area contributed by atoms with Crippen molar-refractivity contribution >= 4 is 22.8 Å². The van der Waals surface area contributed by atoms with Crippen LogP contribution in [0.3, 0.4) is 0 Å². The summed E-state index contributed by atoms with van der Waals surface area (Å²) in [7, 11) is 0. The van der Waals surface area contributed by atoms with Crippen molar-refractivity contribution in [3.05, 3.63) is 35.1 Å². The van der Waals surface area contributed by atoms with Crippen LogP contribution in [0.1, 0.15) is 34.5 Å². The quantitative estimate of drug-likeness (QED) is 0.909. The number of carboxylic acid groups (broad SMARTS) is 1. The van der Waals surface area contributed by atoms with Crippen LogP contribution in [0.4, 0.5) is 0 Å². The summed E-state index contributed by atoms with van der Waals surface area (Å²) in [6.45, 7) is 3.80. The van der Waals surface area contributed by atoms with Gasteiger partial charge in [-0.2, -0.15) is 0 Å². The molecule has 1 amide bonds. The lowest BCUT2D eigenvalue weighted by Gasteiger charge is -2.32. The second-order valence-corrected chi connectivity index (χ2v) is 5.68. The van der Waals surface area contributed by atoms with Crippen molar-refractivity contribution in [1.82, 2.24) is 5.32 Å². The van der Waals surface area contributed by atoms with E-state index in [0.29, 0.717) is 18.6 Å². The lowest BCUT2D eigenvalue weighted by atomic mass is 9.80. The van der Waals surface area contributed by atoms with Crippen LogP contribution in [0.5, 0.6) is 0 Å². The first-order valence-corrected chi connectivity index (χ1v) is 6.99. The Balaban J connectivity index is 1.78. The van der Waals surface area contributed by atoms with Gasteiger partial charge in [0, 0.05) is 17.0 Å². The zero-order valence-corrected chi connectivity index (χ0v) is 12.0. The van der Waals surface area contributed by atoms with Crippen molar-refractivity contribution in [1.29, 1.82) is 0 Å². The Labute approximate surface area is 121 Å². The molecule has 1 fully saturated rings. The van der Waals surface area contributed by atoms with E-state index in [1.807, 2.05) is 32.0 Å². The summed E-state index contributed by atoms with van der Waals surface area (Å²) in [4.78, 5) is 23.0. The number of nitrogens with one attached hydrogen (secondary N) is 1. The van der Waals surface area contributed by atoms with Crippen LogP contribution in [0.15, 0.2) is 22.6 Å². The smallest absolute Gasteiger partial charge is 0.306 e. The number of benzene rings is 1. The van der Waals surface area contributed by atoms with Crippen LogP contribution in [0, 0.1) is 19.8 Å². The molecular weight excluding hydrogens is 270 g/mol. The van der Waals surface area contributed by atoms with E-state index in [4.69, 9.17) is 9.52 Å². The topological polar surface area (TPSA) is 79.5 Å². The Bertz CT molecular complexity index is 725. The lowest BCUT2D eigenvalue weighted by Crippen LogP contribution is -2.46. The second-order valence-electron chi connectivity index (χ2n) is 5.68. The van der Waals surface area contributed by atoms with E-state index in [1.54, 1.807) is 0 Å². The molecule has 110 valence electrons. The Hall–Kier alpha value is -2.30. The van der Waals surface area contributed by atoms with Crippen molar-refractivity contribution in [3.63, 3.8) is 0 Å². The molecule has 2 N–H and O–H groups in total. The van der Waals surface area contributed by atoms with Crippen LogP contribution in [0.2, 0.25) is 0 Å². The minimum absolute atomic E-state index is 0.0766. The minimum atomic E-state index is -0.795. The van der Waals surface area contributed by atoms with Gasteiger partial charge in [-0.1, -0.05) is 18.2 Å². The monoisotopic (exact) mass is 287 g/mol. The van der Waals surface area contributed by atoms with Gasteiger partial charge in [-0.05, 0) is 32.3 Å². The normalized spacial score (nSPS) is 21.0. The Morgan fingerprint density at radius 1 is 1.29 bits per heavy atom. The number of aryl methyl sites for hydroxylation is 2. The third-order valence-electron chi connectivity index (χ3n) is 4.19. The molecule has 0 bridgehead atoms. The van der Waals surface area contributed by atoms with Crippen molar-refractivity contribution in [2.75, 3.05) is 0 Å². The van der Waals surface area contributed by atoms with Crippen molar-refractivity contribution < 1.29 is 19.1 Å².